The number of fused-ring (bicyclic) bond motifs is 1. The number of carbonyl (C=O) groups excluding carboxylic acids is 8. The zero-order valence-corrected chi connectivity index (χ0v) is 44.3. The number of nitro groups is 2. The molecular formula is C49H68N14O15. The van der Waals surface area contributed by atoms with Crippen molar-refractivity contribution in [3.63, 3.8) is 0 Å². The second kappa shape index (κ2) is 28.8. The van der Waals surface area contributed by atoms with Gasteiger partial charge in [0.15, 0.2) is 5.96 Å². The SMILES string of the molecule is COc1ccc2c(NC(=O)[C@H](CCCN=C(N)N)NC(=O)[C@H](C)NC(=O)[C@H](CNc3ccc([N+](=O)[O-])cc3[N+](=O)[O-])NC(=O)[C@H](CC(C)C)NC(=O)CNC(=O)[C@H](CC(C)C)NC(=O)[C@@H]3CCCN3C(C)=O)cc(=O)oc2c1. The number of methoxy groups -OCH3 is 1. The highest BCUT2D eigenvalue weighted by molar-refractivity contribution is 6.04. The molecule has 29 nitrogen and oxygen atoms in total. The first-order valence-electron chi connectivity index (χ1n) is 25.0. The quantitative estimate of drug-likeness (QED) is 0.0117. The van der Waals surface area contributed by atoms with Gasteiger partial charge in [0.05, 0.1) is 35.3 Å². The van der Waals surface area contributed by atoms with E-state index >= 15 is 0 Å². The molecule has 3 aromatic rings. The maximum Gasteiger partial charge on any atom is 0.338 e. The highest BCUT2D eigenvalue weighted by atomic mass is 16.6. The molecule has 2 aromatic carbocycles. The predicted molar refractivity (Wildman–Crippen MR) is 283 cm³/mol. The van der Waals surface area contributed by atoms with Crippen molar-refractivity contribution in [2.75, 3.05) is 43.9 Å². The van der Waals surface area contributed by atoms with Crippen LogP contribution in [0.15, 0.2) is 56.7 Å². The van der Waals surface area contributed by atoms with Crippen LogP contribution in [0.4, 0.5) is 22.7 Å². The van der Waals surface area contributed by atoms with Crippen molar-refractivity contribution in [1.82, 2.24) is 36.8 Å². The normalized spacial score (nSPS) is 14.9. The first-order valence-corrected chi connectivity index (χ1v) is 25.0. The molecule has 0 unspecified atom stereocenters. The molecule has 1 aliphatic heterocycles. The van der Waals surface area contributed by atoms with Crippen LogP contribution in [0.3, 0.4) is 0 Å². The number of anilines is 2. The summed E-state index contributed by atoms with van der Waals surface area (Å²) < 4.78 is 10.5. The van der Waals surface area contributed by atoms with Crippen molar-refractivity contribution in [3.05, 3.63) is 73.1 Å². The lowest BCUT2D eigenvalue weighted by Gasteiger charge is -2.27. The third-order valence-electron chi connectivity index (χ3n) is 12.1. The first-order chi connectivity index (χ1) is 36.8. The average molecular weight is 1090 g/mol. The number of nitrogens with two attached hydrogens (primary N) is 2. The summed E-state index contributed by atoms with van der Waals surface area (Å²) in [5.41, 5.74) is 8.57. The van der Waals surface area contributed by atoms with Crippen LogP contribution in [0.5, 0.6) is 5.75 Å². The van der Waals surface area contributed by atoms with Gasteiger partial charge in [-0.3, -0.25) is 63.6 Å². The van der Waals surface area contributed by atoms with E-state index in [-0.39, 0.29) is 72.9 Å². The van der Waals surface area contributed by atoms with Crippen LogP contribution in [0.1, 0.15) is 80.1 Å². The number of nitrogens with one attached hydrogen (secondary N) is 8. The number of nitro benzene ring substituents is 2. The molecule has 0 aliphatic carbocycles. The lowest BCUT2D eigenvalue weighted by atomic mass is 10.0. The summed E-state index contributed by atoms with van der Waals surface area (Å²) >= 11 is 0. The van der Waals surface area contributed by atoms with Gasteiger partial charge in [-0.2, -0.15) is 0 Å². The smallest absolute Gasteiger partial charge is 0.338 e. The summed E-state index contributed by atoms with van der Waals surface area (Å²) in [4.78, 5) is 148. The topological polar surface area (TPSA) is 426 Å². The second-order valence-electron chi connectivity index (χ2n) is 19.3. The van der Waals surface area contributed by atoms with Crippen LogP contribution in [-0.2, 0) is 38.4 Å². The zero-order valence-electron chi connectivity index (χ0n) is 44.3. The van der Waals surface area contributed by atoms with E-state index in [0.717, 1.165) is 18.2 Å². The molecule has 1 saturated heterocycles. The number of non-ortho nitro benzene ring substituents is 1. The number of hydrogen-bond donors (Lipinski definition) is 10. The number of amides is 8. The molecule has 12 N–H and O–H groups in total. The molecule has 8 amide bonds. The van der Waals surface area contributed by atoms with Gasteiger partial charge in [-0.1, -0.05) is 27.7 Å². The van der Waals surface area contributed by atoms with E-state index in [4.69, 9.17) is 20.6 Å². The molecule has 424 valence electrons. The Labute approximate surface area is 447 Å². The number of likely N-dealkylation sites (tertiary alicyclic amines) is 1. The van der Waals surface area contributed by atoms with Crippen LogP contribution in [-0.4, -0.2) is 138 Å². The maximum atomic E-state index is 14.2. The van der Waals surface area contributed by atoms with Gasteiger partial charge in [-0.15, -0.1) is 0 Å². The van der Waals surface area contributed by atoms with Gasteiger partial charge < -0.3 is 68.1 Å². The Bertz CT molecular complexity index is 2820. The first kappa shape index (κ1) is 61.6. The minimum Gasteiger partial charge on any atom is -0.497 e. The fourth-order valence-electron chi connectivity index (χ4n) is 8.30. The maximum absolute atomic E-state index is 14.2. The van der Waals surface area contributed by atoms with Gasteiger partial charge in [0.25, 0.3) is 11.4 Å². The Morgan fingerprint density at radius 2 is 1.44 bits per heavy atom. The van der Waals surface area contributed by atoms with E-state index in [2.05, 4.69) is 47.5 Å². The summed E-state index contributed by atoms with van der Waals surface area (Å²) in [6, 6.07) is 0.505. The van der Waals surface area contributed by atoms with Crippen molar-refractivity contribution in [1.29, 1.82) is 0 Å². The number of rotatable bonds is 28. The molecule has 0 bridgehead atoms. The number of nitrogens with zero attached hydrogens (tertiary/aromatic N) is 4. The van der Waals surface area contributed by atoms with E-state index in [9.17, 15) is 63.4 Å². The number of carbonyl (C=O) groups is 8. The van der Waals surface area contributed by atoms with Crippen LogP contribution >= 0.6 is 0 Å². The van der Waals surface area contributed by atoms with E-state index in [1.807, 2.05) is 13.8 Å². The van der Waals surface area contributed by atoms with Crippen LogP contribution in [0, 0.1) is 32.1 Å². The summed E-state index contributed by atoms with van der Waals surface area (Å²) in [5, 5.41) is 44.3. The molecule has 6 atom stereocenters. The molecule has 1 fully saturated rings. The summed E-state index contributed by atoms with van der Waals surface area (Å²) in [6.45, 7) is 8.85. The van der Waals surface area contributed by atoms with Gasteiger partial charge in [-0.05, 0) is 75.5 Å². The van der Waals surface area contributed by atoms with Crippen LogP contribution in [0.2, 0.25) is 0 Å². The third-order valence-corrected chi connectivity index (χ3v) is 12.1. The van der Waals surface area contributed by atoms with Crippen molar-refractivity contribution in [2.24, 2.45) is 28.3 Å². The van der Waals surface area contributed by atoms with E-state index < -0.39 is 118 Å². The monoisotopic (exact) mass is 1090 g/mol. The van der Waals surface area contributed by atoms with Crippen molar-refractivity contribution < 1.29 is 57.4 Å². The van der Waals surface area contributed by atoms with Crippen LogP contribution < -0.4 is 64.4 Å². The molecular weight excluding hydrogens is 1020 g/mol. The fourth-order valence-corrected chi connectivity index (χ4v) is 8.30. The Balaban J connectivity index is 1.56. The highest BCUT2D eigenvalue weighted by Gasteiger charge is 2.36. The lowest BCUT2D eigenvalue weighted by Crippen LogP contribution is -2.59. The number of hydrogen-bond acceptors (Lipinski definition) is 17. The van der Waals surface area contributed by atoms with Crippen molar-refractivity contribution in [2.45, 2.75) is 116 Å². The number of benzene rings is 2. The van der Waals surface area contributed by atoms with Gasteiger partial charge in [0, 0.05) is 50.1 Å². The lowest BCUT2D eigenvalue weighted by molar-refractivity contribution is -0.393. The van der Waals surface area contributed by atoms with Crippen molar-refractivity contribution >= 4 is 86.9 Å². The molecule has 4 rings (SSSR count). The Morgan fingerprint density at radius 3 is 2.05 bits per heavy atom. The summed E-state index contributed by atoms with van der Waals surface area (Å²) in [5.74, 6) is -6.30. The minimum absolute atomic E-state index is 0.0233. The molecule has 0 saturated carbocycles. The van der Waals surface area contributed by atoms with Gasteiger partial charge >= 0.3 is 5.63 Å². The number of aliphatic imine (C=N–C) groups is 1. The average Bonchev–Trinajstić information content (AvgIpc) is 3.88. The van der Waals surface area contributed by atoms with Gasteiger partial charge in [0.1, 0.15) is 53.3 Å². The number of guanidine groups is 1. The summed E-state index contributed by atoms with van der Waals surface area (Å²) in [7, 11) is 1.41. The number of ether oxygens (including phenoxy) is 1. The fraction of sp³-hybridized carbons (Fsp3) is 0.510. The second-order valence-corrected chi connectivity index (χ2v) is 19.3. The predicted octanol–water partition coefficient (Wildman–Crippen LogP) is 0.385. The molecule has 29 heteroatoms. The van der Waals surface area contributed by atoms with Crippen molar-refractivity contribution in [3.8, 4) is 5.75 Å². The minimum atomic E-state index is -1.71. The Kier molecular flexibility index (Phi) is 22.8. The van der Waals surface area contributed by atoms with E-state index in [1.165, 1.54) is 38.0 Å². The van der Waals surface area contributed by atoms with Crippen LogP contribution in [0.25, 0.3) is 11.0 Å². The van der Waals surface area contributed by atoms with E-state index in [0.29, 0.717) is 36.6 Å². The summed E-state index contributed by atoms with van der Waals surface area (Å²) in [6.07, 6.45) is 1.26. The molecule has 2 heterocycles. The molecule has 0 radical (unpaired) electrons. The standard InChI is InChI=1S/C49H68N14O15/c1-25(2)18-35(59-48(72)38-11-9-17-61(38)28(6)64)44(68)54-24-41(65)56-36(19-26(3)4)46(70)60-37(23-53-32-15-12-29(62(73)74)20-39(32)63(75)76)47(71)55-27(5)43(67)57-33(10-8-16-52-49(50)51)45(69)58-34-22-42(66)78-40-21-30(77-7)13-14-31(34)40/h12-15,20-22,25-27,33,35-38,53H,8-11,16-19,23-24H2,1-7H3,(H,54,68)(H,55,71)(H,56,65)(H,57,67)(H,58,69)(H,59,72)(H,60,70)(H4,50,51,52)/t27-,33-,35-,36-,37-,38-/m0/s1. The molecule has 0 spiro atoms. The Hall–Kier alpha value is -8.92. The Morgan fingerprint density at radius 1 is 0.782 bits per heavy atom. The third kappa shape index (κ3) is 18.4. The van der Waals surface area contributed by atoms with Gasteiger partial charge in [-0.25, -0.2) is 4.79 Å². The molecule has 1 aromatic heterocycles. The van der Waals surface area contributed by atoms with E-state index in [1.54, 1.807) is 19.9 Å². The largest absolute Gasteiger partial charge is 0.497 e. The van der Waals surface area contributed by atoms with Gasteiger partial charge in [0.2, 0.25) is 47.3 Å². The zero-order chi connectivity index (χ0) is 58.0. The molecule has 1 aliphatic rings. The molecule has 78 heavy (non-hydrogen) atoms. The highest BCUT2D eigenvalue weighted by Crippen LogP contribution is 2.29.